The number of amides is 1. The van der Waals surface area contributed by atoms with Gasteiger partial charge in [0.25, 0.3) is 0 Å². The van der Waals surface area contributed by atoms with Crippen LogP contribution in [-0.4, -0.2) is 48.7 Å². The highest BCUT2D eigenvalue weighted by atomic mass is 16.5. The molecule has 3 N–H and O–H groups in total. The maximum Gasteiger partial charge on any atom is 0.227 e. The number of nitrogens with two attached hydrogens (primary N) is 1. The standard InChI is InChI=1S/C9H17N3O3/c1-12(4-2-8(10)11-14)9(13)7-3-5-15-6-7/h7,14H,2-6H2,1H3,(H2,10,11). The molecule has 1 fully saturated rings. The summed E-state index contributed by atoms with van der Waals surface area (Å²) >= 11 is 0. The van der Waals surface area contributed by atoms with Gasteiger partial charge in [-0.05, 0) is 6.42 Å². The Kier molecular flexibility index (Phi) is 4.36. The second-order valence-electron chi connectivity index (χ2n) is 3.66. The predicted octanol–water partition coefficient (Wildman–Crippen LogP) is -0.382. The molecule has 1 rings (SSSR count). The minimum atomic E-state index is -0.0257. The Morgan fingerprint density at radius 2 is 2.47 bits per heavy atom. The van der Waals surface area contributed by atoms with Crippen molar-refractivity contribution in [3.63, 3.8) is 0 Å². The first-order chi connectivity index (χ1) is 7.15. The molecule has 1 atom stereocenters. The number of hydrogen-bond donors (Lipinski definition) is 2. The molecule has 1 unspecified atom stereocenters. The zero-order valence-electron chi connectivity index (χ0n) is 8.85. The molecular formula is C9H17N3O3. The summed E-state index contributed by atoms with van der Waals surface area (Å²) in [7, 11) is 1.71. The molecule has 1 aliphatic rings. The molecule has 86 valence electrons. The molecule has 0 radical (unpaired) electrons. The van der Waals surface area contributed by atoms with Crippen molar-refractivity contribution in [3.8, 4) is 0 Å². The SMILES string of the molecule is CN(CC/C(N)=N/O)C(=O)C1CCOC1. The first kappa shape index (κ1) is 11.8. The monoisotopic (exact) mass is 215 g/mol. The third kappa shape index (κ3) is 3.39. The fourth-order valence-electron chi connectivity index (χ4n) is 1.48. The van der Waals surface area contributed by atoms with Crippen molar-refractivity contribution in [2.75, 3.05) is 26.8 Å². The third-order valence-corrected chi connectivity index (χ3v) is 2.49. The highest BCUT2D eigenvalue weighted by Crippen LogP contribution is 2.14. The van der Waals surface area contributed by atoms with Gasteiger partial charge in [-0.3, -0.25) is 4.79 Å². The summed E-state index contributed by atoms with van der Waals surface area (Å²) in [5.41, 5.74) is 5.31. The average molecular weight is 215 g/mol. The second-order valence-corrected chi connectivity index (χ2v) is 3.66. The molecule has 0 spiro atoms. The van der Waals surface area contributed by atoms with Crippen molar-refractivity contribution in [2.24, 2.45) is 16.8 Å². The van der Waals surface area contributed by atoms with Crippen LogP contribution in [0.4, 0.5) is 0 Å². The maximum atomic E-state index is 11.7. The van der Waals surface area contributed by atoms with E-state index in [0.717, 1.165) is 6.42 Å². The van der Waals surface area contributed by atoms with Gasteiger partial charge in [0, 0.05) is 26.6 Å². The summed E-state index contributed by atoms with van der Waals surface area (Å²) in [6.45, 7) is 1.63. The molecule has 6 heteroatoms. The summed E-state index contributed by atoms with van der Waals surface area (Å²) < 4.78 is 5.14. The molecule has 0 bridgehead atoms. The van der Waals surface area contributed by atoms with Crippen molar-refractivity contribution >= 4 is 11.7 Å². The van der Waals surface area contributed by atoms with E-state index < -0.39 is 0 Å². The van der Waals surface area contributed by atoms with Gasteiger partial charge in [0.1, 0.15) is 5.84 Å². The van der Waals surface area contributed by atoms with Crippen molar-refractivity contribution in [3.05, 3.63) is 0 Å². The average Bonchev–Trinajstić information content (AvgIpc) is 2.77. The minimum Gasteiger partial charge on any atom is -0.409 e. The van der Waals surface area contributed by atoms with Crippen LogP contribution in [0, 0.1) is 5.92 Å². The fourth-order valence-corrected chi connectivity index (χ4v) is 1.48. The number of carbonyl (C=O) groups is 1. The van der Waals surface area contributed by atoms with Gasteiger partial charge in [0.2, 0.25) is 5.91 Å². The molecule has 0 aromatic rings. The van der Waals surface area contributed by atoms with Crippen LogP contribution >= 0.6 is 0 Å². The lowest BCUT2D eigenvalue weighted by atomic mass is 10.1. The fraction of sp³-hybridized carbons (Fsp3) is 0.778. The summed E-state index contributed by atoms with van der Waals surface area (Å²) in [5, 5.41) is 11.2. The topological polar surface area (TPSA) is 88.1 Å². The van der Waals surface area contributed by atoms with Gasteiger partial charge in [0.05, 0.1) is 12.5 Å². The van der Waals surface area contributed by atoms with Crippen molar-refractivity contribution in [1.29, 1.82) is 0 Å². The van der Waals surface area contributed by atoms with Gasteiger partial charge in [-0.2, -0.15) is 0 Å². The van der Waals surface area contributed by atoms with E-state index in [1.165, 1.54) is 0 Å². The van der Waals surface area contributed by atoms with Crippen LogP contribution in [0.15, 0.2) is 5.16 Å². The van der Waals surface area contributed by atoms with Crippen LogP contribution in [0.3, 0.4) is 0 Å². The summed E-state index contributed by atoms with van der Waals surface area (Å²) in [6.07, 6.45) is 1.17. The van der Waals surface area contributed by atoms with Gasteiger partial charge < -0.3 is 20.6 Å². The predicted molar refractivity (Wildman–Crippen MR) is 54.6 cm³/mol. The zero-order valence-corrected chi connectivity index (χ0v) is 8.85. The molecule has 0 aromatic carbocycles. The summed E-state index contributed by atoms with van der Waals surface area (Å²) in [4.78, 5) is 13.3. The number of nitrogens with zero attached hydrogens (tertiary/aromatic N) is 2. The second kappa shape index (κ2) is 5.55. The van der Waals surface area contributed by atoms with Crippen LogP contribution in [0.25, 0.3) is 0 Å². The number of rotatable bonds is 4. The van der Waals surface area contributed by atoms with E-state index in [9.17, 15) is 4.79 Å². The number of ether oxygens (including phenoxy) is 1. The van der Waals surface area contributed by atoms with Gasteiger partial charge in [-0.25, -0.2) is 0 Å². The summed E-state index contributed by atoms with van der Waals surface area (Å²) in [5.74, 6) is 0.179. The van der Waals surface area contributed by atoms with Crippen molar-refractivity contribution in [2.45, 2.75) is 12.8 Å². The lowest BCUT2D eigenvalue weighted by Gasteiger charge is -2.19. The van der Waals surface area contributed by atoms with E-state index in [0.29, 0.717) is 26.2 Å². The van der Waals surface area contributed by atoms with E-state index in [2.05, 4.69) is 5.16 Å². The Balaban J connectivity index is 2.32. The Morgan fingerprint density at radius 3 is 3.00 bits per heavy atom. The maximum absolute atomic E-state index is 11.7. The molecule has 0 saturated carbocycles. The van der Waals surface area contributed by atoms with Crippen molar-refractivity contribution < 1.29 is 14.7 Å². The number of hydrogen-bond acceptors (Lipinski definition) is 4. The van der Waals surface area contributed by atoms with E-state index in [1.807, 2.05) is 0 Å². The molecule has 0 aliphatic carbocycles. The molecule has 6 nitrogen and oxygen atoms in total. The van der Waals surface area contributed by atoms with E-state index in [-0.39, 0.29) is 17.7 Å². The molecule has 1 heterocycles. The minimum absolute atomic E-state index is 0.0257. The van der Waals surface area contributed by atoms with Gasteiger partial charge >= 0.3 is 0 Å². The zero-order chi connectivity index (χ0) is 11.3. The van der Waals surface area contributed by atoms with Gasteiger partial charge in [0.15, 0.2) is 0 Å². The van der Waals surface area contributed by atoms with Crippen LogP contribution < -0.4 is 5.73 Å². The van der Waals surface area contributed by atoms with Crippen molar-refractivity contribution in [1.82, 2.24) is 4.90 Å². The number of carbonyl (C=O) groups excluding carboxylic acids is 1. The first-order valence-electron chi connectivity index (χ1n) is 4.94. The third-order valence-electron chi connectivity index (χ3n) is 2.49. The van der Waals surface area contributed by atoms with Crippen LogP contribution in [0.1, 0.15) is 12.8 Å². The summed E-state index contributed by atoms with van der Waals surface area (Å²) in [6, 6.07) is 0. The van der Waals surface area contributed by atoms with E-state index >= 15 is 0 Å². The Bertz CT molecular complexity index is 249. The molecule has 1 aliphatic heterocycles. The smallest absolute Gasteiger partial charge is 0.227 e. The molecule has 15 heavy (non-hydrogen) atoms. The Morgan fingerprint density at radius 1 is 1.73 bits per heavy atom. The Hall–Kier alpha value is -1.30. The lowest BCUT2D eigenvalue weighted by molar-refractivity contribution is -0.134. The largest absolute Gasteiger partial charge is 0.409 e. The molecule has 0 aromatic heterocycles. The number of amidine groups is 1. The first-order valence-corrected chi connectivity index (χ1v) is 4.94. The number of oxime groups is 1. The van der Waals surface area contributed by atoms with Gasteiger partial charge in [-0.15, -0.1) is 0 Å². The van der Waals surface area contributed by atoms with Crippen LogP contribution in [-0.2, 0) is 9.53 Å². The normalized spacial score (nSPS) is 21.7. The molecular weight excluding hydrogens is 198 g/mol. The van der Waals surface area contributed by atoms with E-state index in [4.69, 9.17) is 15.7 Å². The van der Waals surface area contributed by atoms with E-state index in [1.54, 1.807) is 11.9 Å². The molecule has 1 saturated heterocycles. The van der Waals surface area contributed by atoms with Crippen LogP contribution in [0.5, 0.6) is 0 Å². The highest BCUT2D eigenvalue weighted by molar-refractivity contribution is 5.82. The lowest BCUT2D eigenvalue weighted by Crippen LogP contribution is -2.35. The van der Waals surface area contributed by atoms with Crippen LogP contribution in [0.2, 0.25) is 0 Å². The van der Waals surface area contributed by atoms with Gasteiger partial charge in [-0.1, -0.05) is 5.16 Å². The molecule has 1 amide bonds. The quantitative estimate of drug-likeness (QED) is 0.289. The Labute approximate surface area is 88.7 Å². The highest BCUT2D eigenvalue weighted by Gasteiger charge is 2.25.